The number of nitrogens with one attached hydrogen (secondary N) is 2. The van der Waals surface area contributed by atoms with Crippen LogP contribution >= 0.6 is 8.18 Å². The maximum absolute atomic E-state index is 10.9. The van der Waals surface area contributed by atoms with Crippen molar-refractivity contribution in [3.8, 4) is 0 Å². The molecule has 8 nitrogen and oxygen atoms in total. The van der Waals surface area contributed by atoms with Crippen molar-refractivity contribution in [1.82, 2.24) is 14.6 Å². The number of imidazole rings is 1. The van der Waals surface area contributed by atoms with Crippen LogP contribution in [0, 0.1) is 5.92 Å². The monoisotopic (exact) mass is 273 g/mol. The Bertz CT molecular complexity index is 489. The van der Waals surface area contributed by atoms with Crippen LogP contribution in [0.5, 0.6) is 0 Å². The van der Waals surface area contributed by atoms with Gasteiger partial charge in [-0.15, -0.1) is 4.89 Å². The Labute approximate surface area is 104 Å². The number of rotatable bonds is 4. The van der Waals surface area contributed by atoms with Crippen LogP contribution < -0.4 is 10.4 Å². The Morgan fingerprint density at radius 2 is 2.50 bits per heavy atom. The highest BCUT2D eigenvalue weighted by atomic mass is 31.1. The van der Waals surface area contributed by atoms with Crippen molar-refractivity contribution in [3.63, 3.8) is 0 Å². The lowest BCUT2D eigenvalue weighted by molar-refractivity contribution is 0.0691. The molecular formula is C9H14N4O4P+. The van der Waals surface area contributed by atoms with Crippen LogP contribution in [0.15, 0.2) is 6.20 Å². The largest absolute Gasteiger partial charge is 0.610 e. The van der Waals surface area contributed by atoms with Gasteiger partial charge < -0.3 is 15.0 Å². The number of anilines is 1. The lowest BCUT2D eigenvalue weighted by atomic mass is 10.0. The van der Waals surface area contributed by atoms with E-state index >= 15 is 0 Å². The molecule has 3 unspecified atom stereocenters. The third kappa shape index (κ3) is 2.50. The molecule has 9 heteroatoms. The molecule has 0 spiro atoms. The molecule has 0 aromatic carbocycles. The van der Waals surface area contributed by atoms with Crippen LogP contribution in [0.4, 0.5) is 5.95 Å². The van der Waals surface area contributed by atoms with Crippen molar-refractivity contribution in [3.05, 3.63) is 11.9 Å². The molecule has 1 aromatic heterocycles. The van der Waals surface area contributed by atoms with Gasteiger partial charge in [0.05, 0.1) is 12.6 Å². The molecule has 0 fully saturated rings. The third-order valence-corrected chi connectivity index (χ3v) is 3.44. The van der Waals surface area contributed by atoms with Crippen LogP contribution in [0.3, 0.4) is 0 Å². The predicted molar refractivity (Wildman–Crippen MR) is 63.7 cm³/mol. The van der Waals surface area contributed by atoms with Gasteiger partial charge in [0.1, 0.15) is 0 Å². The first-order valence-corrected chi connectivity index (χ1v) is 6.66. The van der Waals surface area contributed by atoms with E-state index in [4.69, 9.17) is 10.00 Å². The minimum Gasteiger partial charge on any atom is -0.476 e. The Balaban J connectivity index is 2.25. The second kappa shape index (κ2) is 5.01. The summed E-state index contributed by atoms with van der Waals surface area (Å²) in [5.41, 5.74) is -0.0370. The Hall–Kier alpha value is -1.50. The van der Waals surface area contributed by atoms with Gasteiger partial charge in [0.15, 0.2) is 5.69 Å². The molecule has 1 aliphatic heterocycles. The average Bonchev–Trinajstić information content (AvgIpc) is 2.71. The van der Waals surface area contributed by atoms with Gasteiger partial charge in [-0.25, -0.2) is 9.78 Å². The van der Waals surface area contributed by atoms with Gasteiger partial charge in [-0.3, -0.25) is 0 Å². The molecule has 0 aliphatic carbocycles. The fourth-order valence-electron chi connectivity index (χ4n) is 2.01. The van der Waals surface area contributed by atoms with E-state index in [-0.39, 0.29) is 24.2 Å². The zero-order valence-electron chi connectivity index (χ0n) is 9.70. The van der Waals surface area contributed by atoms with Crippen LogP contribution in [0.1, 0.15) is 23.5 Å². The third-order valence-electron chi connectivity index (χ3n) is 2.98. The number of aromatic nitrogens is 2. The SMILES string of the molecule is CC1CNc2nc(C(=O)O)cn2C1CN[P+](=O)O. The van der Waals surface area contributed by atoms with Crippen LogP contribution in [-0.2, 0) is 4.57 Å². The highest BCUT2D eigenvalue weighted by Gasteiger charge is 2.30. The van der Waals surface area contributed by atoms with Gasteiger partial charge in [-0.2, -0.15) is 0 Å². The molecule has 1 aromatic rings. The first kappa shape index (κ1) is 12.9. The normalized spacial score (nSPS) is 23.1. The first-order chi connectivity index (χ1) is 8.49. The van der Waals surface area contributed by atoms with Crippen molar-refractivity contribution in [1.29, 1.82) is 0 Å². The maximum Gasteiger partial charge on any atom is 0.610 e. The number of hydrogen-bond donors (Lipinski definition) is 4. The van der Waals surface area contributed by atoms with E-state index in [0.29, 0.717) is 12.5 Å². The van der Waals surface area contributed by atoms with E-state index in [1.54, 1.807) is 4.57 Å². The minimum atomic E-state index is -2.41. The number of carboxylic acid groups (broad SMARTS) is 1. The Kier molecular flexibility index (Phi) is 3.60. The van der Waals surface area contributed by atoms with Crippen molar-refractivity contribution in [2.24, 2.45) is 5.92 Å². The standard InChI is InChI=1S/C9H13N4O4P/c1-5-2-10-9-12-6(8(14)15)4-13(9)7(5)3-11-18(16)17/h4-5,7H,2-3H2,1H3,(H3-,10,11,12,14,15,16,17)/p+1. The molecule has 2 heterocycles. The van der Waals surface area contributed by atoms with Crippen molar-refractivity contribution in [2.45, 2.75) is 13.0 Å². The molecule has 0 radical (unpaired) electrons. The lowest BCUT2D eigenvalue weighted by Gasteiger charge is -2.30. The number of carboxylic acids is 1. The average molecular weight is 273 g/mol. The molecule has 18 heavy (non-hydrogen) atoms. The highest BCUT2D eigenvalue weighted by Crippen LogP contribution is 2.28. The summed E-state index contributed by atoms with van der Waals surface area (Å²) in [6, 6.07) is -0.104. The maximum atomic E-state index is 10.9. The minimum absolute atomic E-state index is 0.0370. The van der Waals surface area contributed by atoms with Gasteiger partial charge in [0, 0.05) is 12.7 Å². The topological polar surface area (TPSA) is 116 Å². The number of fused-ring (bicyclic) bond motifs is 1. The van der Waals surface area contributed by atoms with Crippen LogP contribution in [0.25, 0.3) is 0 Å². The molecule has 0 saturated carbocycles. The van der Waals surface area contributed by atoms with E-state index in [2.05, 4.69) is 15.4 Å². The summed E-state index contributed by atoms with van der Waals surface area (Å²) in [4.78, 5) is 23.6. The fourth-order valence-corrected chi connectivity index (χ4v) is 2.36. The molecule has 0 bridgehead atoms. The zero-order chi connectivity index (χ0) is 13.3. The molecule has 0 amide bonds. The van der Waals surface area contributed by atoms with Crippen molar-refractivity contribution >= 4 is 20.1 Å². The number of carbonyl (C=O) groups is 1. The second-order valence-corrected chi connectivity index (χ2v) is 5.08. The van der Waals surface area contributed by atoms with Gasteiger partial charge >= 0.3 is 14.1 Å². The quantitative estimate of drug-likeness (QED) is 0.587. The summed E-state index contributed by atoms with van der Waals surface area (Å²) >= 11 is 0. The summed E-state index contributed by atoms with van der Waals surface area (Å²) in [7, 11) is -2.41. The van der Waals surface area contributed by atoms with Crippen LogP contribution in [-0.4, -0.2) is 38.6 Å². The molecule has 2 rings (SSSR count). The molecular weight excluding hydrogens is 259 g/mol. The molecule has 4 N–H and O–H groups in total. The van der Waals surface area contributed by atoms with E-state index in [9.17, 15) is 9.36 Å². The summed E-state index contributed by atoms with van der Waals surface area (Å²) in [5.74, 6) is -0.424. The summed E-state index contributed by atoms with van der Waals surface area (Å²) < 4.78 is 12.4. The van der Waals surface area contributed by atoms with E-state index < -0.39 is 14.1 Å². The number of nitrogens with zero attached hydrogens (tertiary/aromatic N) is 2. The second-order valence-electron chi connectivity index (χ2n) is 4.22. The van der Waals surface area contributed by atoms with E-state index in [0.717, 1.165) is 0 Å². The van der Waals surface area contributed by atoms with Crippen LogP contribution in [0.2, 0.25) is 0 Å². The molecule has 3 atom stereocenters. The molecule has 98 valence electrons. The number of aromatic carboxylic acids is 1. The first-order valence-electron chi connectivity index (χ1n) is 5.44. The predicted octanol–water partition coefficient (Wildman–Crippen LogP) is 0.423. The van der Waals surface area contributed by atoms with Gasteiger partial charge in [-0.05, 0) is 10.5 Å². The molecule has 0 saturated heterocycles. The smallest absolute Gasteiger partial charge is 0.476 e. The lowest BCUT2D eigenvalue weighted by Crippen LogP contribution is -2.35. The van der Waals surface area contributed by atoms with Gasteiger partial charge in [-0.1, -0.05) is 12.0 Å². The van der Waals surface area contributed by atoms with E-state index in [1.807, 2.05) is 6.92 Å². The summed E-state index contributed by atoms with van der Waals surface area (Å²) in [5, 5.41) is 14.4. The Morgan fingerprint density at radius 3 is 3.11 bits per heavy atom. The van der Waals surface area contributed by atoms with Crippen molar-refractivity contribution in [2.75, 3.05) is 18.4 Å². The number of hydrogen-bond acceptors (Lipinski definition) is 4. The summed E-state index contributed by atoms with van der Waals surface area (Å²) in [6.45, 7) is 2.91. The highest BCUT2D eigenvalue weighted by molar-refractivity contribution is 7.35. The zero-order valence-corrected chi connectivity index (χ0v) is 10.6. The van der Waals surface area contributed by atoms with Gasteiger partial charge in [0.25, 0.3) is 0 Å². The fraction of sp³-hybridized carbons (Fsp3) is 0.556. The molecule has 1 aliphatic rings. The van der Waals surface area contributed by atoms with Crippen molar-refractivity contribution < 1.29 is 19.4 Å². The van der Waals surface area contributed by atoms with Gasteiger partial charge in [0.2, 0.25) is 5.95 Å². The van der Waals surface area contributed by atoms with E-state index in [1.165, 1.54) is 6.20 Å². The summed E-state index contributed by atoms with van der Waals surface area (Å²) in [6.07, 6.45) is 1.44. The Morgan fingerprint density at radius 1 is 1.78 bits per heavy atom.